The van der Waals surface area contributed by atoms with Gasteiger partial charge < -0.3 is 15.8 Å². The van der Waals surface area contributed by atoms with Crippen molar-refractivity contribution in [2.24, 2.45) is 5.73 Å². The maximum atomic E-state index is 5.84. The SMILES string of the molecule is CC(C)NCCCOC1CCC(N)CC1. The summed E-state index contributed by atoms with van der Waals surface area (Å²) < 4.78 is 5.82. The molecule has 3 heteroatoms. The van der Waals surface area contributed by atoms with Crippen molar-refractivity contribution < 1.29 is 4.74 Å². The van der Waals surface area contributed by atoms with Crippen LogP contribution < -0.4 is 11.1 Å². The summed E-state index contributed by atoms with van der Waals surface area (Å²) in [6, 6.07) is 1.00. The molecule has 0 aromatic carbocycles. The minimum absolute atomic E-state index is 0.424. The Kier molecular flexibility index (Phi) is 6.22. The molecule has 0 unspecified atom stereocenters. The molecule has 1 fully saturated rings. The van der Waals surface area contributed by atoms with Crippen LogP contribution in [0, 0.1) is 0 Å². The summed E-state index contributed by atoms with van der Waals surface area (Å²) in [6.45, 7) is 6.29. The summed E-state index contributed by atoms with van der Waals surface area (Å²) in [4.78, 5) is 0. The minimum atomic E-state index is 0.424. The molecule has 90 valence electrons. The summed E-state index contributed by atoms with van der Waals surface area (Å²) in [5, 5.41) is 3.39. The van der Waals surface area contributed by atoms with E-state index in [4.69, 9.17) is 10.5 Å². The lowest BCUT2D eigenvalue weighted by molar-refractivity contribution is 0.0239. The lowest BCUT2D eigenvalue weighted by Gasteiger charge is -2.26. The van der Waals surface area contributed by atoms with Gasteiger partial charge in [-0.3, -0.25) is 0 Å². The Morgan fingerprint density at radius 3 is 2.53 bits per heavy atom. The quantitative estimate of drug-likeness (QED) is 0.661. The molecular formula is C12H26N2O. The molecule has 1 saturated carbocycles. The first-order valence-electron chi connectivity index (χ1n) is 6.29. The largest absolute Gasteiger partial charge is 0.378 e. The Balaban J connectivity index is 1.91. The van der Waals surface area contributed by atoms with Gasteiger partial charge in [0.2, 0.25) is 0 Å². The molecule has 15 heavy (non-hydrogen) atoms. The van der Waals surface area contributed by atoms with Gasteiger partial charge in [0.1, 0.15) is 0 Å². The number of hydrogen-bond donors (Lipinski definition) is 2. The van der Waals surface area contributed by atoms with E-state index in [1.54, 1.807) is 0 Å². The zero-order valence-corrected chi connectivity index (χ0v) is 10.2. The van der Waals surface area contributed by atoms with E-state index < -0.39 is 0 Å². The van der Waals surface area contributed by atoms with E-state index in [0.29, 0.717) is 18.2 Å². The van der Waals surface area contributed by atoms with Gasteiger partial charge >= 0.3 is 0 Å². The van der Waals surface area contributed by atoms with Gasteiger partial charge in [0.05, 0.1) is 6.10 Å². The number of nitrogens with two attached hydrogens (primary N) is 1. The van der Waals surface area contributed by atoms with Crippen molar-refractivity contribution in [3.8, 4) is 0 Å². The lowest BCUT2D eigenvalue weighted by Crippen LogP contribution is -2.31. The first-order valence-corrected chi connectivity index (χ1v) is 6.29. The highest BCUT2D eigenvalue weighted by molar-refractivity contribution is 4.74. The maximum Gasteiger partial charge on any atom is 0.0576 e. The highest BCUT2D eigenvalue weighted by atomic mass is 16.5. The van der Waals surface area contributed by atoms with E-state index in [2.05, 4.69) is 19.2 Å². The lowest BCUT2D eigenvalue weighted by atomic mass is 9.94. The molecule has 1 aliphatic carbocycles. The average molecular weight is 214 g/mol. The van der Waals surface area contributed by atoms with Crippen LogP contribution in [0.4, 0.5) is 0 Å². The molecule has 0 atom stereocenters. The van der Waals surface area contributed by atoms with Crippen molar-refractivity contribution in [1.29, 1.82) is 0 Å². The third kappa shape index (κ3) is 6.13. The molecule has 1 aliphatic rings. The molecule has 0 bridgehead atoms. The van der Waals surface area contributed by atoms with Crippen LogP contribution in [0.1, 0.15) is 46.0 Å². The number of ether oxygens (including phenoxy) is 1. The van der Waals surface area contributed by atoms with Crippen LogP contribution in [0.25, 0.3) is 0 Å². The molecule has 0 saturated heterocycles. The normalized spacial score (nSPS) is 27.2. The Morgan fingerprint density at radius 2 is 1.93 bits per heavy atom. The van der Waals surface area contributed by atoms with E-state index in [0.717, 1.165) is 45.3 Å². The third-order valence-electron chi connectivity index (χ3n) is 2.95. The molecule has 0 amide bonds. The molecular weight excluding hydrogens is 188 g/mol. The molecule has 0 heterocycles. The Bertz CT molecular complexity index is 154. The predicted molar refractivity (Wildman–Crippen MR) is 63.9 cm³/mol. The van der Waals surface area contributed by atoms with Gasteiger partial charge in [-0.1, -0.05) is 13.8 Å². The van der Waals surface area contributed by atoms with Crippen LogP contribution in [0.2, 0.25) is 0 Å². The van der Waals surface area contributed by atoms with Gasteiger partial charge in [-0.2, -0.15) is 0 Å². The van der Waals surface area contributed by atoms with Crippen molar-refractivity contribution in [3.63, 3.8) is 0 Å². The van der Waals surface area contributed by atoms with Gasteiger partial charge in [-0.05, 0) is 38.6 Å². The summed E-state index contributed by atoms with van der Waals surface area (Å²) >= 11 is 0. The highest BCUT2D eigenvalue weighted by Crippen LogP contribution is 2.19. The van der Waals surface area contributed by atoms with Crippen LogP contribution >= 0.6 is 0 Å². The second-order valence-corrected chi connectivity index (χ2v) is 4.87. The average Bonchev–Trinajstić information content (AvgIpc) is 2.20. The van der Waals surface area contributed by atoms with E-state index in [9.17, 15) is 0 Å². The monoisotopic (exact) mass is 214 g/mol. The second kappa shape index (κ2) is 7.20. The van der Waals surface area contributed by atoms with Crippen molar-refractivity contribution in [3.05, 3.63) is 0 Å². The van der Waals surface area contributed by atoms with Crippen LogP contribution in [-0.4, -0.2) is 31.3 Å². The predicted octanol–water partition coefficient (Wildman–Crippen LogP) is 1.66. The van der Waals surface area contributed by atoms with Gasteiger partial charge in [0.15, 0.2) is 0 Å². The minimum Gasteiger partial charge on any atom is -0.378 e. The topological polar surface area (TPSA) is 47.3 Å². The molecule has 3 nitrogen and oxygen atoms in total. The standard InChI is InChI=1S/C12H26N2O/c1-10(2)14-8-3-9-15-12-6-4-11(13)5-7-12/h10-12,14H,3-9,13H2,1-2H3. The summed E-state index contributed by atoms with van der Waals surface area (Å²) in [5.41, 5.74) is 5.84. The molecule has 1 rings (SSSR count). The first kappa shape index (κ1) is 12.9. The van der Waals surface area contributed by atoms with Crippen LogP contribution in [0.5, 0.6) is 0 Å². The number of hydrogen-bond acceptors (Lipinski definition) is 3. The molecule has 3 N–H and O–H groups in total. The Labute approximate surface area is 93.8 Å². The van der Waals surface area contributed by atoms with E-state index in [1.807, 2.05) is 0 Å². The van der Waals surface area contributed by atoms with Gasteiger partial charge in [-0.15, -0.1) is 0 Å². The fraction of sp³-hybridized carbons (Fsp3) is 1.00. The zero-order chi connectivity index (χ0) is 11.1. The number of nitrogens with one attached hydrogen (secondary N) is 1. The van der Waals surface area contributed by atoms with Crippen molar-refractivity contribution in [2.75, 3.05) is 13.2 Å². The van der Waals surface area contributed by atoms with Crippen molar-refractivity contribution in [2.45, 2.75) is 64.1 Å². The highest BCUT2D eigenvalue weighted by Gasteiger charge is 2.18. The number of rotatable bonds is 6. The van der Waals surface area contributed by atoms with E-state index >= 15 is 0 Å². The van der Waals surface area contributed by atoms with Crippen LogP contribution in [0.3, 0.4) is 0 Å². The fourth-order valence-electron chi connectivity index (χ4n) is 1.97. The van der Waals surface area contributed by atoms with Crippen LogP contribution in [0.15, 0.2) is 0 Å². The van der Waals surface area contributed by atoms with E-state index in [-0.39, 0.29) is 0 Å². The Hall–Kier alpha value is -0.120. The second-order valence-electron chi connectivity index (χ2n) is 4.87. The zero-order valence-electron chi connectivity index (χ0n) is 10.2. The molecule has 0 radical (unpaired) electrons. The van der Waals surface area contributed by atoms with Crippen molar-refractivity contribution >= 4 is 0 Å². The molecule has 0 spiro atoms. The van der Waals surface area contributed by atoms with Crippen LogP contribution in [-0.2, 0) is 4.74 Å². The Morgan fingerprint density at radius 1 is 1.27 bits per heavy atom. The summed E-state index contributed by atoms with van der Waals surface area (Å²) in [5.74, 6) is 0. The van der Waals surface area contributed by atoms with Gasteiger partial charge in [-0.25, -0.2) is 0 Å². The van der Waals surface area contributed by atoms with E-state index in [1.165, 1.54) is 0 Å². The fourth-order valence-corrected chi connectivity index (χ4v) is 1.97. The molecule has 0 aliphatic heterocycles. The molecule has 0 aromatic rings. The molecule has 0 aromatic heterocycles. The maximum absolute atomic E-state index is 5.84. The summed E-state index contributed by atoms with van der Waals surface area (Å²) in [7, 11) is 0. The van der Waals surface area contributed by atoms with Crippen molar-refractivity contribution in [1.82, 2.24) is 5.32 Å². The van der Waals surface area contributed by atoms with Gasteiger partial charge in [0, 0.05) is 18.7 Å². The third-order valence-corrected chi connectivity index (χ3v) is 2.95. The van der Waals surface area contributed by atoms with Gasteiger partial charge in [0.25, 0.3) is 0 Å². The summed E-state index contributed by atoms with van der Waals surface area (Å²) in [6.07, 6.45) is 6.16. The smallest absolute Gasteiger partial charge is 0.0576 e. The first-order chi connectivity index (χ1) is 7.18.